The molecule has 0 spiro atoms. The van der Waals surface area contributed by atoms with E-state index in [1.165, 1.54) is 0 Å². The fourth-order valence-corrected chi connectivity index (χ4v) is 3.27. The minimum atomic E-state index is -1.08. The molecule has 0 aromatic rings. The molecule has 136 valence electrons. The van der Waals surface area contributed by atoms with Gasteiger partial charge in [0.25, 0.3) is 0 Å². The van der Waals surface area contributed by atoms with Crippen LogP contribution in [0.4, 0.5) is 4.79 Å². The molecule has 0 aromatic heterocycles. The first kappa shape index (κ1) is 18.5. The number of hydrogen-bond acceptors (Lipinski definition) is 4. The topological polar surface area (TPSA) is 101 Å². The van der Waals surface area contributed by atoms with Gasteiger partial charge in [-0.15, -0.1) is 0 Å². The number of piperazine rings is 1. The van der Waals surface area contributed by atoms with Gasteiger partial charge in [0.05, 0.1) is 6.10 Å². The number of hydrogen-bond donors (Lipinski definition) is 2. The number of β-amino-alcohol motifs (C(OH)–C–C–N with tert-alkyl or cyclic N) is 1. The fraction of sp³-hybridized carbons (Fsp3) is 0.812. The van der Waals surface area contributed by atoms with Crippen molar-refractivity contribution in [3.05, 3.63) is 0 Å². The van der Waals surface area contributed by atoms with Crippen LogP contribution in [0.15, 0.2) is 0 Å². The minimum Gasteiger partial charge on any atom is -0.465 e. The standard InChI is InChI=1S/C16H27N3O5/c1-11-5-7-18(10-13(11)20)14(21)4-3-6-17-8-9-19(16(23)24)12(2)15(17)22/h11-13,20H,3-10H2,1-2H3,(H,23,24)/t11-,12-,13+/m0/s1. The molecule has 2 N–H and O–H groups in total. The lowest BCUT2D eigenvalue weighted by molar-refractivity contribution is -0.141. The van der Waals surface area contributed by atoms with Crippen LogP contribution >= 0.6 is 0 Å². The molecule has 8 heteroatoms. The number of carboxylic acid groups (broad SMARTS) is 1. The van der Waals surface area contributed by atoms with Gasteiger partial charge < -0.3 is 20.0 Å². The van der Waals surface area contributed by atoms with Crippen molar-refractivity contribution in [2.75, 3.05) is 32.7 Å². The van der Waals surface area contributed by atoms with Gasteiger partial charge in [0.1, 0.15) is 6.04 Å². The largest absolute Gasteiger partial charge is 0.465 e. The Morgan fingerprint density at radius 2 is 1.92 bits per heavy atom. The van der Waals surface area contributed by atoms with Crippen LogP contribution in [0.5, 0.6) is 0 Å². The second-order valence-corrected chi connectivity index (χ2v) is 6.75. The van der Waals surface area contributed by atoms with Crippen molar-refractivity contribution in [3.63, 3.8) is 0 Å². The van der Waals surface area contributed by atoms with Crippen molar-refractivity contribution < 1.29 is 24.6 Å². The van der Waals surface area contributed by atoms with Gasteiger partial charge in [-0.25, -0.2) is 4.79 Å². The van der Waals surface area contributed by atoms with Gasteiger partial charge in [0, 0.05) is 39.1 Å². The summed E-state index contributed by atoms with van der Waals surface area (Å²) in [6.07, 6.45) is 0.145. The van der Waals surface area contributed by atoms with Crippen LogP contribution in [0.1, 0.15) is 33.1 Å². The number of aliphatic hydroxyl groups excluding tert-OH is 1. The van der Waals surface area contributed by atoms with Gasteiger partial charge in [-0.05, 0) is 25.7 Å². The normalized spacial score (nSPS) is 28.2. The number of rotatable bonds is 4. The van der Waals surface area contributed by atoms with Crippen molar-refractivity contribution in [2.45, 2.75) is 45.3 Å². The average molecular weight is 341 g/mol. The molecule has 2 rings (SSSR count). The lowest BCUT2D eigenvalue weighted by atomic mass is 9.96. The molecule has 24 heavy (non-hydrogen) atoms. The van der Waals surface area contributed by atoms with E-state index in [0.717, 1.165) is 11.3 Å². The third-order valence-corrected chi connectivity index (χ3v) is 5.08. The fourth-order valence-electron chi connectivity index (χ4n) is 3.27. The van der Waals surface area contributed by atoms with Gasteiger partial charge in [0.2, 0.25) is 11.8 Å². The third kappa shape index (κ3) is 4.17. The zero-order valence-corrected chi connectivity index (χ0v) is 14.3. The van der Waals surface area contributed by atoms with E-state index in [0.29, 0.717) is 45.6 Å². The smallest absolute Gasteiger partial charge is 0.408 e. The monoisotopic (exact) mass is 341 g/mol. The van der Waals surface area contributed by atoms with E-state index in [-0.39, 0.29) is 17.7 Å². The molecule has 0 radical (unpaired) electrons. The Morgan fingerprint density at radius 1 is 1.21 bits per heavy atom. The summed E-state index contributed by atoms with van der Waals surface area (Å²) < 4.78 is 0. The van der Waals surface area contributed by atoms with Crippen LogP contribution in [0.3, 0.4) is 0 Å². The summed E-state index contributed by atoms with van der Waals surface area (Å²) >= 11 is 0. The number of carbonyl (C=O) groups excluding carboxylic acids is 2. The molecule has 0 bridgehead atoms. The van der Waals surface area contributed by atoms with Crippen LogP contribution in [-0.4, -0.2) is 87.7 Å². The summed E-state index contributed by atoms with van der Waals surface area (Å²) in [6.45, 7) is 5.74. The van der Waals surface area contributed by atoms with Crippen molar-refractivity contribution in [3.8, 4) is 0 Å². The van der Waals surface area contributed by atoms with Gasteiger partial charge in [-0.1, -0.05) is 6.92 Å². The molecule has 3 atom stereocenters. The highest BCUT2D eigenvalue weighted by Gasteiger charge is 2.34. The Balaban J connectivity index is 1.75. The van der Waals surface area contributed by atoms with Crippen molar-refractivity contribution in [2.24, 2.45) is 5.92 Å². The first-order valence-electron chi connectivity index (χ1n) is 8.55. The third-order valence-electron chi connectivity index (χ3n) is 5.08. The minimum absolute atomic E-state index is 0.00520. The first-order valence-corrected chi connectivity index (χ1v) is 8.55. The lowest BCUT2D eigenvalue weighted by Crippen LogP contribution is -2.57. The SMILES string of the molecule is C[C@H]1CCN(C(=O)CCCN2CCN(C(=O)O)[C@@H](C)C2=O)C[C@H]1O. The number of piperidine rings is 1. The summed E-state index contributed by atoms with van der Waals surface area (Å²) in [5.41, 5.74) is 0. The predicted molar refractivity (Wildman–Crippen MR) is 86.4 cm³/mol. The number of aliphatic hydroxyl groups is 1. The second-order valence-electron chi connectivity index (χ2n) is 6.75. The molecule has 2 saturated heterocycles. The second kappa shape index (κ2) is 7.83. The first-order chi connectivity index (χ1) is 11.3. The molecule has 2 heterocycles. The summed E-state index contributed by atoms with van der Waals surface area (Å²) in [5.74, 6) is 0.0163. The molecule has 0 saturated carbocycles. The molecule has 0 aliphatic carbocycles. The highest BCUT2D eigenvalue weighted by Crippen LogP contribution is 2.18. The Labute approximate surface area is 142 Å². The Bertz CT molecular complexity index is 498. The summed E-state index contributed by atoms with van der Waals surface area (Å²) in [7, 11) is 0. The zero-order valence-electron chi connectivity index (χ0n) is 14.3. The molecule has 2 aliphatic rings. The van der Waals surface area contributed by atoms with Crippen LogP contribution in [0, 0.1) is 5.92 Å². The molecule has 0 aromatic carbocycles. The number of amides is 3. The van der Waals surface area contributed by atoms with Gasteiger partial charge in [-0.3, -0.25) is 14.5 Å². The van der Waals surface area contributed by atoms with Gasteiger partial charge in [-0.2, -0.15) is 0 Å². The highest BCUT2D eigenvalue weighted by molar-refractivity contribution is 5.86. The van der Waals surface area contributed by atoms with Crippen LogP contribution in [0.2, 0.25) is 0 Å². The van der Waals surface area contributed by atoms with E-state index in [2.05, 4.69) is 0 Å². The van der Waals surface area contributed by atoms with E-state index < -0.39 is 18.2 Å². The molecular formula is C16H27N3O5. The quantitative estimate of drug-likeness (QED) is 0.761. The Morgan fingerprint density at radius 3 is 2.54 bits per heavy atom. The average Bonchev–Trinajstić information content (AvgIpc) is 2.53. The Kier molecular flexibility index (Phi) is 6.04. The molecule has 0 unspecified atom stereocenters. The maximum absolute atomic E-state index is 12.2. The van der Waals surface area contributed by atoms with Crippen molar-refractivity contribution >= 4 is 17.9 Å². The lowest BCUT2D eigenvalue weighted by Gasteiger charge is -2.37. The molecule has 3 amide bonds. The van der Waals surface area contributed by atoms with E-state index in [9.17, 15) is 19.5 Å². The summed E-state index contributed by atoms with van der Waals surface area (Å²) in [5, 5.41) is 18.9. The molecular weight excluding hydrogens is 314 g/mol. The van der Waals surface area contributed by atoms with Gasteiger partial charge in [0.15, 0.2) is 0 Å². The van der Waals surface area contributed by atoms with Crippen LogP contribution in [-0.2, 0) is 9.59 Å². The molecule has 2 aliphatic heterocycles. The van der Waals surface area contributed by atoms with Crippen molar-refractivity contribution in [1.29, 1.82) is 0 Å². The predicted octanol–water partition coefficient (Wildman–Crippen LogP) is 0.207. The van der Waals surface area contributed by atoms with Crippen molar-refractivity contribution in [1.82, 2.24) is 14.7 Å². The molecule has 2 fully saturated rings. The van der Waals surface area contributed by atoms with E-state index in [1.807, 2.05) is 6.92 Å². The maximum Gasteiger partial charge on any atom is 0.408 e. The summed E-state index contributed by atoms with van der Waals surface area (Å²) in [4.78, 5) is 39.9. The van der Waals surface area contributed by atoms with E-state index in [4.69, 9.17) is 5.11 Å². The van der Waals surface area contributed by atoms with Crippen LogP contribution in [0.25, 0.3) is 0 Å². The van der Waals surface area contributed by atoms with E-state index in [1.54, 1.807) is 16.7 Å². The number of carbonyl (C=O) groups is 3. The maximum atomic E-state index is 12.2. The number of nitrogens with zero attached hydrogens (tertiary/aromatic N) is 3. The molecule has 8 nitrogen and oxygen atoms in total. The zero-order chi connectivity index (χ0) is 17.9. The van der Waals surface area contributed by atoms with Gasteiger partial charge >= 0.3 is 6.09 Å². The highest BCUT2D eigenvalue weighted by atomic mass is 16.4. The van der Waals surface area contributed by atoms with Crippen LogP contribution < -0.4 is 0 Å². The number of likely N-dealkylation sites (tertiary alicyclic amines) is 1. The Hall–Kier alpha value is -1.83. The van der Waals surface area contributed by atoms with E-state index >= 15 is 0 Å². The summed E-state index contributed by atoms with van der Waals surface area (Å²) in [6, 6.07) is -0.675.